The molecule has 0 aromatic rings. The van der Waals surface area contributed by atoms with Crippen LogP contribution < -0.4 is 5.73 Å². The Morgan fingerprint density at radius 3 is 2.93 bits per heavy atom. The van der Waals surface area contributed by atoms with Gasteiger partial charge >= 0.3 is 0 Å². The largest absolute Gasteiger partial charge is 0.377 e. The molecule has 1 rings (SSSR count). The predicted molar refractivity (Wildman–Crippen MR) is 62.1 cm³/mol. The minimum absolute atomic E-state index is 0. The number of amides is 1. The molecule has 0 aromatic carbocycles. The molecule has 0 bridgehead atoms. The van der Waals surface area contributed by atoms with E-state index in [2.05, 4.69) is 0 Å². The van der Waals surface area contributed by atoms with E-state index in [1.165, 1.54) is 0 Å². The van der Waals surface area contributed by atoms with Gasteiger partial charge in [-0.3, -0.25) is 4.79 Å². The molecule has 5 heteroatoms. The average Bonchev–Trinajstić information content (AvgIpc) is 2.40. The number of hydrogen-bond acceptors (Lipinski definition) is 3. The van der Waals surface area contributed by atoms with Crippen molar-refractivity contribution >= 4 is 18.3 Å². The summed E-state index contributed by atoms with van der Waals surface area (Å²) in [5.41, 5.74) is 5.71. The highest BCUT2D eigenvalue weighted by Gasteiger charge is 2.23. The van der Waals surface area contributed by atoms with Crippen LogP contribution in [0.5, 0.6) is 0 Å². The molecule has 15 heavy (non-hydrogen) atoms. The predicted octanol–water partition coefficient (Wildman–Crippen LogP) is 0.783. The number of hydrogen-bond donors (Lipinski definition) is 1. The zero-order valence-electron chi connectivity index (χ0n) is 9.44. The van der Waals surface area contributed by atoms with E-state index in [-0.39, 0.29) is 30.5 Å². The summed E-state index contributed by atoms with van der Waals surface area (Å²) >= 11 is 0. The Bertz CT molecular complexity index is 202. The normalized spacial score (nSPS) is 23.9. The summed E-state index contributed by atoms with van der Waals surface area (Å²) in [5.74, 6) is 0.0600. The van der Waals surface area contributed by atoms with Crippen LogP contribution >= 0.6 is 12.4 Å². The van der Waals surface area contributed by atoms with E-state index in [0.29, 0.717) is 13.0 Å². The molecule has 1 amide bonds. The Balaban J connectivity index is 0.00000196. The third kappa shape index (κ3) is 4.36. The topological polar surface area (TPSA) is 55.6 Å². The lowest BCUT2D eigenvalue weighted by Gasteiger charge is -2.24. The molecule has 0 saturated carbocycles. The molecule has 2 N–H and O–H groups in total. The third-order valence-electron chi connectivity index (χ3n) is 2.52. The molecule has 1 aliphatic heterocycles. The Morgan fingerprint density at radius 1 is 1.67 bits per heavy atom. The maximum Gasteiger partial charge on any atom is 0.239 e. The molecule has 0 aliphatic carbocycles. The maximum absolute atomic E-state index is 11.8. The van der Waals surface area contributed by atoms with Crippen LogP contribution in [0.25, 0.3) is 0 Å². The minimum atomic E-state index is -0.347. The summed E-state index contributed by atoms with van der Waals surface area (Å²) in [6.07, 6.45) is 1.74. The van der Waals surface area contributed by atoms with Crippen molar-refractivity contribution in [3.63, 3.8) is 0 Å². The number of carbonyl (C=O) groups is 1. The molecular formula is C10H21ClN2O2. The number of rotatable bonds is 2. The first kappa shape index (κ1) is 14.7. The van der Waals surface area contributed by atoms with Gasteiger partial charge < -0.3 is 15.4 Å². The Labute approximate surface area is 97.5 Å². The van der Waals surface area contributed by atoms with Gasteiger partial charge in [0.15, 0.2) is 0 Å². The Morgan fingerprint density at radius 2 is 2.33 bits per heavy atom. The second-order valence-corrected chi connectivity index (χ2v) is 3.83. The summed E-state index contributed by atoms with van der Waals surface area (Å²) in [5, 5.41) is 0. The van der Waals surface area contributed by atoms with Gasteiger partial charge in [-0.1, -0.05) is 6.92 Å². The lowest BCUT2D eigenvalue weighted by molar-refractivity contribution is -0.133. The van der Waals surface area contributed by atoms with Crippen molar-refractivity contribution in [3.8, 4) is 0 Å². The first-order valence-corrected chi connectivity index (χ1v) is 5.31. The van der Waals surface area contributed by atoms with Crippen LogP contribution in [0, 0.1) is 0 Å². The van der Waals surface area contributed by atoms with Gasteiger partial charge in [-0.2, -0.15) is 0 Å². The van der Waals surface area contributed by atoms with Crippen LogP contribution in [-0.2, 0) is 9.53 Å². The Kier molecular flexibility index (Phi) is 6.89. The standard InChI is InChI=1S/C10H20N2O2.ClH/c1-3-9(11)10(13)12-5-4-6-14-8(2)7-12;/h8-9H,3-7,11H2,1-2H3;1H/t8?,9-;/m0./s1. The third-order valence-corrected chi connectivity index (χ3v) is 2.52. The van der Waals surface area contributed by atoms with Gasteiger partial charge in [0, 0.05) is 19.7 Å². The fourth-order valence-corrected chi connectivity index (χ4v) is 1.60. The molecule has 90 valence electrons. The lowest BCUT2D eigenvalue weighted by Crippen LogP contribution is -2.45. The van der Waals surface area contributed by atoms with Gasteiger partial charge in [0.05, 0.1) is 12.1 Å². The zero-order chi connectivity index (χ0) is 10.6. The van der Waals surface area contributed by atoms with Crippen LogP contribution in [0.2, 0.25) is 0 Å². The van der Waals surface area contributed by atoms with Crippen molar-refractivity contribution in [3.05, 3.63) is 0 Å². The SMILES string of the molecule is CC[C@H](N)C(=O)N1CCCOC(C)C1.Cl. The summed E-state index contributed by atoms with van der Waals surface area (Å²) in [4.78, 5) is 13.6. The molecule has 0 radical (unpaired) electrons. The van der Waals surface area contributed by atoms with E-state index in [9.17, 15) is 4.79 Å². The van der Waals surface area contributed by atoms with Gasteiger partial charge in [-0.25, -0.2) is 0 Å². The van der Waals surface area contributed by atoms with Crippen LogP contribution in [0.1, 0.15) is 26.7 Å². The average molecular weight is 237 g/mol. The minimum Gasteiger partial charge on any atom is -0.377 e. The van der Waals surface area contributed by atoms with Crippen molar-refractivity contribution in [2.75, 3.05) is 19.7 Å². The molecule has 0 aromatic heterocycles. The second-order valence-electron chi connectivity index (χ2n) is 3.83. The number of carbonyl (C=O) groups excluding carboxylic acids is 1. The van der Waals surface area contributed by atoms with Gasteiger partial charge in [0.2, 0.25) is 5.91 Å². The molecule has 4 nitrogen and oxygen atoms in total. The van der Waals surface area contributed by atoms with E-state index >= 15 is 0 Å². The zero-order valence-corrected chi connectivity index (χ0v) is 10.3. The van der Waals surface area contributed by atoms with E-state index < -0.39 is 0 Å². The molecule has 1 unspecified atom stereocenters. The highest BCUT2D eigenvalue weighted by atomic mass is 35.5. The second kappa shape index (κ2) is 7.04. The molecule has 1 saturated heterocycles. The van der Waals surface area contributed by atoms with E-state index in [1.54, 1.807) is 0 Å². The van der Waals surface area contributed by atoms with Gasteiger partial charge in [0.25, 0.3) is 0 Å². The quantitative estimate of drug-likeness (QED) is 0.771. The van der Waals surface area contributed by atoms with E-state index in [1.807, 2.05) is 18.7 Å². The summed E-state index contributed by atoms with van der Waals surface area (Å²) in [6, 6.07) is -0.347. The molecular weight excluding hydrogens is 216 g/mol. The van der Waals surface area contributed by atoms with Gasteiger partial charge in [-0.05, 0) is 19.8 Å². The maximum atomic E-state index is 11.8. The van der Waals surface area contributed by atoms with Gasteiger partial charge in [-0.15, -0.1) is 12.4 Å². The van der Waals surface area contributed by atoms with Crippen molar-refractivity contribution in [2.24, 2.45) is 5.73 Å². The van der Waals surface area contributed by atoms with Crippen molar-refractivity contribution in [1.29, 1.82) is 0 Å². The first-order chi connectivity index (χ1) is 6.65. The van der Waals surface area contributed by atoms with Crippen LogP contribution in [0.3, 0.4) is 0 Å². The number of halogens is 1. The fraction of sp³-hybridized carbons (Fsp3) is 0.900. The smallest absolute Gasteiger partial charge is 0.239 e. The molecule has 2 atom stereocenters. The number of nitrogens with zero attached hydrogens (tertiary/aromatic N) is 1. The summed E-state index contributed by atoms with van der Waals surface area (Å²) < 4.78 is 5.46. The monoisotopic (exact) mass is 236 g/mol. The van der Waals surface area contributed by atoms with Crippen LogP contribution in [0.4, 0.5) is 0 Å². The van der Waals surface area contributed by atoms with E-state index in [0.717, 1.165) is 19.6 Å². The first-order valence-electron chi connectivity index (χ1n) is 5.31. The highest BCUT2D eigenvalue weighted by molar-refractivity contribution is 5.85. The highest BCUT2D eigenvalue weighted by Crippen LogP contribution is 2.07. The van der Waals surface area contributed by atoms with Crippen molar-refractivity contribution < 1.29 is 9.53 Å². The summed E-state index contributed by atoms with van der Waals surface area (Å²) in [7, 11) is 0. The van der Waals surface area contributed by atoms with Crippen LogP contribution in [-0.4, -0.2) is 42.6 Å². The number of nitrogens with two attached hydrogens (primary N) is 1. The van der Waals surface area contributed by atoms with Crippen LogP contribution in [0.15, 0.2) is 0 Å². The number of ether oxygens (including phenoxy) is 1. The fourth-order valence-electron chi connectivity index (χ4n) is 1.60. The lowest BCUT2D eigenvalue weighted by atomic mass is 10.2. The summed E-state index contributed by atoms with van der Waals surface area (Å²) in [6.45, 7) is 6.11. The molecule has 1 aliphatic rings. The van der Waals surface area contributed by atoms with E-state index in [4.69, 9.17) is 10.5 Å². The molecule has 1 fully saturated rings. The van der Waals surface area contributed by atoms with Crippen molar-refractivity contribution in [1.82, 2.24) is 4.90 Å². The van der Waals surface area contributed by atoms with Crippen molar-refractivity contribution in [2.45, 2.75) is 38.8 Å². The molecule has 1 heterocycles. The Hall–Kier alpha value is -0.320. The molecule has 0 spiro atoms. The van der Waals surface area contributed by atoms with Gasteiger partial charge in [0.1, 0.15) is 0 Å².